The van der Waals surface area contributed by atoms with E-state index in [2.05, 4.69) is 0 Å². The fraction of sp³-hybridized carbons (Fsp3) is 0.625. The molecule has 3 rings (SSSR count). The lowest BCUT2D eigenvalue weighted by Crippen LogP contribution is -2.48. The van der Waals surface area contributed by atoms with Gasteiger partial charge in [0, 0.05) is 11.5 Å². The van der Waals surface area contributed by atoms with Crippen molar-refractivity contribution in [3.05, 3.63) is 22.3 Å². The van der Waals surface area contributed by atoms with E-state index in [0.717, 1.165) is 47.3 Å². The number of hydrogen-bond donors (Lipinski definition) is 2. The lowest BCUT2D eigenvalue weighted by Gasteiger charge is -2.49. The van der Waals surface area contributed by atoms with Crippen LogP contribution in [-0.4, -0.2) is 17.3 Å². The van der Waals surface area contributed by atoms with Crippen molar-refractivity contribution in [1.82, 2.24) is 0 Å². The zero-order chi connectivity index (χ0) is 13.8. The van der Waals surface area contributed by atoms with Crippen LogP contribution in [0.5, 0.6) is 11.5 Å². The molecule has 1 aliphatic carbocycles. The molecule has 1 heterocycles. The second kappa shape index (κ2) is 4.14. The van der Waals surface area contributed by atoms with Gasteiger partial charge < -0.3 is 15.6 Å². The first-order valence-electron chi connectivity index (χ1n) is 7.21. The summed E-state index contributed by atoms with van der Waals surface area (Å²) >= 11 is 0. The third-order valence-corrected chi connectivity index (χ3v) is 5.16. The molecule has 3 heteroatoms. The van der Waals surface area contributed by atoms with Gasteiger partial charge in [-0.2, -0.15) is 0 Å². The van der Waals surface area contributed by atoms with Gasteiger partial charge in [-0.25, -0.2) is 0 Å². The zero-order valence-electron chi connectivity index (χ0n) is 12.0. The van der Waals surface area contributed by atoms with Crippen molar-refractivity contribution in [3.63, 3.8) is 0 Å². The van der Waals surface area contributed by atoms with Crippen LogP contribution in [0.2, 0.25) is 0 Å². The molecule has 0 aromatic heterocycles. The first-order chi connectivity index (χ1) is 8.99. The van der Waals surface area contributed by atoms with E-state index >= 15 is 0 Å². The Morgan fingerprint density at radius 3 is 2.42 bits per heavy atom. The molecule has 19 heavy (non-hydrogen) atoms. The average molecular weight is 261 g/mol. The summed E-state index contributed by atoms with van der Waals surface area (Å²) in [5.74, 6) is 1.71. The Kier molecular flexibility index (Phi) is 2.79. The molecule has 0 radical (unpaired) electrons. The quantitative estimate of drug-likeness (QED) is 0.817. The van der Waals surface area contributed by atoms with Gasteiger partial charge in [-0.3, -0.25) is 0 Å². The van der Waals surface area contributed by atoms with Crippen LogP contribution in [0.4, 0.5) is 0 Å². The summed E-state index contributed by atoms with van der Waals surface area (Å²) in [6.07, 6.45) is 4.53. The van der Waals surface area contributed by atoms with Gasteiger partial charge in [0.05, 0.1) is 0 Å². The Bertz CT molecular complexity index is 532. The summed E-state index contributed by atoms with van der Waals surface area (Å²) in [7, 11) is 0. The second-order valence-corrected chi connectivity index (χ2v) is 6.24. The molecule has 1 aromatic rings. The molecule has 1 saturated carbocycles. The first-order valence-corrected chi connectivity index (χ1v) is 7.21. The van der Waals surface area contributed by atoms with Crippen LogP contribution in [0.25, 0.3) is 0 Å². The Balaban J connectivity index is 2.19. The average Bonchev–Trinajstić information content (AvgIpc) is 2.39. The van der Waals surface area contributed by atoms with E-state index in [1.807, 2.05) is 20.8 Å². The highest BCUT2D eigenvalue weighted by Gasteiger charge is 2.46. The maximum atomic E-state index is 10.3. The van der Waals surface area contributed by atoms with Crippen molar-refractivity contribution in [1.29, 1.82) is 0 Å². The SMILES string of the molecule is Cc1c(C)c2c(c(C)c1O)C(CN)CC1(CCC1)O2. The number of phenolic OH excluding ortho intramolecular Hbond substituents is 1. The molecule has 3 N–H and O–H groups in total. The molecule has 1 spiro atoms. The molecule has 2 aliphatic rings. The predicted octanol–water partition coefficient (Wildman–Crippen LogP) is 3.06. The van der Waals surface area contributed by atoms with Gasteiger partial charge in [-0.15, -0.1) is 0 Å². The van der Waals surface area contributed by atoms with Gasteiger partial charge >= 0.3 is 0 Å². The summed E-state index contributed by atoms with van der Waals surface area (Å²) in [6.45, 7) is 6.60. The fourth-order valence-electron chi connectivity index (χ4n) is 3.64. The topological polar surface area (TPSA) is 55.5 Å². The monoisotopic (exact) mass is 261 g/mol. The highest BCUT2D eigenvalue weighted by Crippen LogP contribution is 2.53. The van der Waals surface area contributed by atoms with Crippen LogP contribution >= 0.6 is 0 Å². The van der Waals surface area contributed by atoms with E-state index in [0.29, 0.717) is 18.2 Å². The van der Waals surface area contributed by atoms with Crippen LogP contribution in [0, 0.1) is 20.8 Å². The van der Waals surface area contributed by atoms with Crippen molar-refractivity contribution < 1.29 is 9.84 Å². The smallest absolute Gasteiger partial charge is 0.127 e. The van der Waals surface area contributed by atoms with E-state index in [9.17, 15) is 5.11 Å². The molecular weight excluding hydrogens is 238 g/mol. The van der Waals surface area contributed by atoms with E-state index < -0.39 is 0 Å². The number of phenols is 1. The van der Waals surface area contributed by atoms with Crippen LogP contribution in [0.15, 0.2) is 0 Å². The standard InChI is InChI=1S/C16H23NO2/c1-9-10(2)15-13(11(3)14(9)18)12(8-17)7-16(19-15)5-4-6-16/h12,18H,4-8,17H2,1-3H3. The van der Waals surface area contributed by atoms with Gasteiger partial charge in [0.25, 0.3) is 0 Å². The highest BCUT2D eigenvalue weighted by atomic mass is 16.5. The minimum Gasteiger partial charge on any atom is -0.507 e. The normalized spacial score (nSPS) is 23.7. The summed E-state index contributed by atoms with van der Waals surface area (Å²) < 4.78 is 6.37. The third kappa shape index (κ3) is 1.68. The molecule has 1 aromatic carbocycles. The molecule has 104 valence electrons. The molecule has 0 amide bonds. The summed E-state index contributed by atoms with van der Waals surface area (Å²) in [6, 6.07) is 0. The van der Waals surface area contributed by atoms with E-state index in [1.54, 1.807) is 0 Å². The van der Waals surface area contributed by atoms with Gasteiger partial charge in [-0.05, 0) is 69.7 Å². The van der Waals surface area contributed by atoms with E-state index in [4.69, 9.17) is 10.5 Å². The van der Waals surface area contributed by atoms with Gasteiger partial charge in [0.15, 0.2) is 0 Å². The Morgan fingerprint density at radius 2 is 1.89 bits per heavy atom. The van der Waals surface area contributed by atoms with Crippen LogP contribution in [0.1, 0.15) is 53.9 Å². The Labute approximate surface area is 114 Å². The van der Waals surface area contributed by atoms with Gasteiger partial charge in [0.1, 0.15) is 17.1 Å². The fourth-order valence-corrected chi connectivity index (χ4v) is 3.64. The van der Waals surface area contributed by atoms with Crippen molar-refractivity contribution >= 4 is 0 Å². The largest absolute Gasteiger partial charge is 0.507 e. The highest BCUT2D eigenvalue weighted by molar-refractivity contribution is 5.60. The lowest BCUT2D eigenvalue weighted by molar-refractivity contribution is -0.0335. The third-order valence-electron chi connectivity index (χ3n) is 5.16. The summed E-state index contributed by atoms with van der Waals surface area (Å²) in [5, 5.41) is 10.3. The van der Waals surface area contributed by atoms with Crippen molar-refractivity contribution in [2.45, 2.75) is 58.0 Å². The number of aromatic hydroxyl groups is 1. The van der Waals surface area contributed by atoms with Crippen molar-refractivity contribution in [2.75, 3.05) is 6.54 Å². The molecule has 0 bridgehead atoms. The number of nitrogens with two attached hydrogens (primary N) is 1. The molecule has 0 saturated heterocycles. The number of hydrogen-bond acceptors (Lipinski definition) is 3. The van der Waals surface area contributed by atoms with Crippen LogP contribution in [0.3, 0.4) is 0 Å². The zero-order valence-corrected chi connectivity index (χ0v) is 12.0. The lowest BCUT2D eigenvalue weighted by atomic mass is 9.69. The molecule has 3 nitrogen and oxygen atoms in total. The molecular formula is C16H23NO2. The first kappa shape index (κ1) is 12.8. The molecule has 1 fully saturated rings. The Morgan fingerprint density at radius 1 is 1.21 bits per heavy atom. The van der Waals surface area contributed by atoms with Crippen LogP contribution < -0.4 is 10.5 Å². The maximum Gasteiger partial charge on any atom is 0.127 e. The van der Waals surface area contributed by atoms with Crippen molar-refractivity contribution in [3.8, 4) is 11.5 Å². The van der Waals surface area contributed by atoms with Gasteiger partial charge in [-0.1, -0.05) is 0 Å². The summed E-state index contributed by atoms with van der Waals surface area (Å²) in [5.41, 5.74) is 10.1. The number of fused-ring (bicyclic) bond motifs is 1. The minimum atomic E-state index is 0.0254. The second-order valence-electron chi connectivity index (χ2n) is 6.24. The summed E-state index contributed by atoms with van der Waals surface area (Å²) in [4.78, 5) is 0. The van der Waals surface area contributed by atoms with Crippen molar-refractivity contribution in [2.24, 2.45) is 5.73 Å². The molecule has 1 atom stereocenters. The maximum absolute atomic E-state index is 10.3. The Hall–Kier alpha value is -1.22. The number of rotatable bonds is 1. The molecule has 1 aliphatic heterocycles. The molecule has 1 unspecified atom stereocenters. The minimum absolute atomic E-state index is 0.0254. The van der Waals surface area contributed by atoms with Crippen LogP contribution in [-0.2, 0) is 0 Å². The van der Waals surface area contributed by atoms with E-state index in [-0.39, 0.29) is 5.60 Å². The van der Waals surface area contributed by atoms with E-state index in [1.165, 1.54) is 6.42 Å². The number of ether oxygens (including phenoxy) is 1. The number of benzene rings is 1. The van der Waals surface area contributed by atoms with Gasteiger partial charge in [0.2, 0.25) is 0 Å². The predicted molar refractivity (Wildman–Crippen MR) is 75.9 cm³/mol.